The van der Waals surface area contributed by atoms with Crippen molar-refractivity contribution in [3.8, 4) is 0 Å². The lowest BCUT2D eigenvalue weighted by Crippen LogP contribution is -2.40. The van der Waals surface area contributed by atoms with Gasteiger partial charge in [0.05, 0.1) is 13.1 Å². The first-order valence-electron chi connectivity index (χ1n) is 6.49. The van der Waals surface area contributed by atoms with Crippen LogP contribution in [0, 0.1) is 0 Å². The van der Waals surface area contributed by atoms with E-state index >= 15 is 0 Å². The fourth-order valence-electron chi connectivity index (χ4n) is 1.65. The maximum Gasteiger partial charge on any atom is 0.251 e. The number of benzene rings is 1. The van der Waals surface area contributed by atoms with Gasteiger partial charge in [0, 0.05) is 26.2 Å². The van der Waals surface area contributed by atoms with Crippen LogP contribution in [-0.2, 0) is 16.1 Å². The van der Waals surface area contributed by atoms with Crippen LogP contribution in [0.25, 0.3) is 0 Å². The highest BCUT2D eigenvalue weighted by Gasteiger charge is 2.11. The van der Waals surface area contributed by atoms with Crippen LogP contribution < -0.4 is 16.4 Å². The molecule has 0 unspecified atom stereocenters. The Kier molecular flexibility index (Phi) is 6.35. The Morgan fingerprint density at radius 2 is 1.81 bits per heavy atom. The Morgan fingerprint density at radius 3 is 2.33 bits per heavy atom. The molecule has 0 heterocycles. The van der Waals surface area contributed by atoms with Crippen LogP contribution in [0.5, 0.6) is 0 Å². The Labute approximate surface area is 123 Å². The van der Waals surface area contributed by atoms with E-state index < -0.39 is 0 Å². The molecule has 0 atom stereocenters. The van der Waals surface area contributed by atoms with E-state index in [4.69, 9.17) is 5.73 Å². The van der Waals surface area contributed by atoms with E-state index in [0.717, 1.165) is 5.56 Å². The molecule has 0 aliphatic rings. The average molecular weight is 292 g/mol. The Bertz CT molecular complexity index is 513. The molecule has 0 saturated heterocycles. The number of hydrogen-bond donors (Lipinski definition) is 3. The van der Waals surface area contributed by atoms with Gasteiger partial charge >= 0.3 is 0 Å². The summed E-state index contributed by atoms with van der Waals surface area (Å²) in [7, 11) is 3.21. The van der Waals surface area contributed by atoms with E-state index in [1.807, 2.05) is 0 Å². The van der Waals surface area contributed by atoms with Crippen LogP contribution in [0.4, 0.5) is 0 Å². The first-order valence-corrected chi connectivity index (χ1v) is 6.49. The van der Waals surface area contributed by atoms with Crippen LogP contribution in [0.15, 0.2) is 24.3 Å². The zero-order valence-electron chi connectivity index (χ0n) is 12.2. The predicted octanol–water partition coefficient (Wildman–Crippen LogP) is -0.920. The molecule has 0 radical (unpaired) electrons. The molecule has 0 fully saturated rings. The molecular formula is C14H20N4O3. The molecule has 0 bridgehead atoms. The largest absolute Gasteiger partial charge is 0.355 e. The molecule has 7 heteroatoms. The van der Waals surface area contributed by atoms with Crippen molar-refractivity contribution < 1.29 is 14.4 Å². The topological polar surface area (TPSA) is 105 Å². The van der Waals surface area contributed by atoms with E-state index in [1.165, 1.54) is 4.90 Å². The van der Waals surface area contributed by atoms with Gasteiger partial charge in [-0.3, -0.25) is 14.4 Å². The van der Waals surface area contributed by atoms with Gasteiger partial charge in [-0.15, -0.1) is 0 Å². The fourth-order valence-corrected chi connectivity index (χ4v) is 1.65. The third-order valence-electron chi connectivity index (χ3n) is 2.91. The summed E-state index contributed by atoms with van der Waals surface area (Å²) in [5.41, 5.74) is 6.59. The van der Waals surface area contributed by atoms with Crippen molar-refractivity contribution in [2.75, 3.05) is 27.2 Å². The molecule has 4 N–H and O–H groups in total. The monoisotopic (exact) mass is 292 g/mol. The minimum Gasteiger partial charge on any atom is -0.355 e. The van der Waals surface area contributed by atoms with Crippen molar-refractivity contribution in [3.63, 3.8) is 0 Å². The Balaban J connectivity index is 2.54. The first kappa shape index (κ1) is 16.6. The summed E-state index contributed by atoms with van der Waals surface area (Å²) in [6.45, 7) is 0.173. The van der Waals surface area contributed by atoms with Crippen molar-refractivity contribution in [2.24, 2.45) is 5.73 Å². The van der Waals surface area contributed by atoms with Crippen molar-refractivity contribution in [1.29, 1.82) is 0 Å². The molecule has 1 aromatic rings. The zero-order valence-corrected chi connectivity index (χ0v) is 12.2. The number of nitrogens with two attached hydrogens (primary N) is 1. The van der Waals surface area contributed by atoms with E-state index in [1.54, 1.807) is 38.4 Å². The van der Waals surface area contributed by atoms with Crippen molar-refractivity contribution >= 4 is 17.7 Å². The maximum absolute atomic E-state index is 11.8. The number of hydrogen-bond acceptors (Lipinski definition) is 4. The van der Waals surface area contributed by atoms with Gasteiger partial charge in [-0.25, -0.2) is 0 Å². The highest BCUT2D eigenvalue weighted by atomic mass is 16.2. The lowest BCUT2D eigenvalue weighted by Gasteiger charge is -2.17. The van der Waals surface area contributed by atoms with E-state index in [9.17, 15) is 14.4 Å². The molecular weight excluding hydrogens is 272 g/mol. The van der Waals surface area contributed by atoms with E-state index in [0.29, 0.717) is 12.1 Å². The normalized spacial score (nSPS) is 9.86. The summed E-state index contributed by atoms with van der Waals surface area (Å²) in [5, 5.41) is 4.96. The first-order chi connectivity index (χ1) is 9.97. The maximum atomic E-state index is 11.8. The summed E-state index contributed by atoms with van der Waals surface area (Å²) in [5.74, 6) is -0.741. The molecule has 0 saturated carbocycles. The summed E-state index contributed by atoms with van der Waals surface area (Å²) in [4.78, 5) is 35.7. The van der Waals surface area contributed by atoms with Crippen molar-refractivity contribution in [1.82, 2.24) is 15.5 Å². The van der Waals surface area contributed by atoms with Gasteiger partial charge in [0.1, 0.15) is 0 Å². The van der Waals surface area contributed by atoms with Crippen LogP contribution >= 0.6 is 0 Å². The number of amides is 3. The third-order valence-corrected chi connectivity index (χ3v) is 2.91. The quantitative estimate of drug-likeness (QED) is 0.630. The second-order valence-electron chi connectivity index (χ2n) is 4.51. The standard InChI is InChI=1S/C14H20N4O3/c1-16-14(21)11-5-3-10(4-6-11)9-18(2)13(20)8-17-12(19)7-15/h3-6H,7-9,15H2,1-2H3,(H,16,21)(H,17,19). The number of rotatable bonds is 6. The van der Waals surface area contributed by atoms with E-state index in [2.05, 4.69) is 10.6 Å². The van der Waals surface area contributed by atoms with Gasteiger partial charge in [0.15, 0.2) is 0 Å². The molecule has 1 rings (SSSR count). The molecule has 1 aromatic carbocycles. The minimum absolute atomic E-state index is 0.0805. The predicted molar refractivity (Wildman–Crippen MR) is 78.4 cm³/mol. The minimum atomic E-state index is -0.369. The number of likely N-dealkylation sites (N-methyl/N-ethyl adjacent to an activating group) is 1. The number of carbonyl (C=O) groups is 3. The second-order valence-corrected chi connectivity index (χ2v) is 4.51. The highest BCUT2D eigenvalue weighted by molar-refractivity contribution is 5.94. The van der Waals surface area contributed by atoms with Gasteiger partial charge in [0.25, 0.3) is 5.91 Å². The summed E-state index contributed by atoms with van der Waals surface area (Å²) < 4.78 is 0. The lowest BCUT2D eigenvalue weighted by molar-refractivity contribution is -0.131. The molecule has 0 aromatic heterocycles. The molecule has 3 amide bonds. The molecule has 0 aliphatic heterocycles. The Hall–Kier alpha value is -2.41. The molecule has 21 heavy (non-hydrogen) atoms. The van der Waals surface area contributed by atoms with Crippen LogP contribution in [-0.4, -0.2) is 49.8 Å². The fraction of sp³-hybridized carbons (Fsp3) is 0.357. The van der Waals surface area contributed by atoms with Crippen LogP contribution in [0.2, 0.25) is 0 Å². The number of nitrogens with one attached hydrogen (secondary N) is 2. The summed E-state index contributed by atoms with van der Waals surface area (Å²) >= 11 is 0. The van der Waals surface area contributed by atoms with Gasteiger partial charge in [-0.1, -0.05) is 12.1 Å². The SMILES string of the molecule is CNC(=O)c1ccc(CN(C)C(=O)CNC(=O)CN)cc1. The van der Waals surface area contributed by atoms with Crippen molar-refractivity contribution in [2.45, 2.75) is 6.54 Å². The molecule has 7 nitrogen and oxygen atoms in total. The number of nitrogens with zero attached hydrogens (tertiary/aromatic N) is 1. The van der Waals surface area contributed by atoms with Gasteiger partial charge in [-0.2, -0.15) is 0 Å². The smallest absolute Gasteiger partial charge is 0.251 e. The molecule has 114 valence electrons. The average Bonchev–Trinajstić information content (AvgIpc) is 2.51. The number of carbonyl (C=O) groups excluding carboxylic acids is 3. The Morgan fingerprint density at radius 1 is 1.19 bits per heavy atom. The summed E-state index contributed by atoms with van der Waals surface area (Å²) in [6, 6.07) is 6.96. The van der Waals surface area contributed by atoms with Crippen molar-refractivity contribution in [3.05, 3.63) is 35.4 Å². The van der Waals surface area contributed by atoms with Crippen LogP contribution in [0.3, 0.4) is 0 Å². The molecule has 0 aliphatic carbocycles. The van der Waals surface area contributed by atoms with E-state index in [-0.39, 0.29) is 30.8 Å². The lowest BCUT2D eigenvalue weighted by atomic mass is 10.1. The van der Waals surface area contributed by atoms with Gasteiger partial charge < -0.3 is 21.3 Å². The highest BCUT2D eigenvalue weighted by Crippen LogP contribution is 2.07. The van der Waals surface area contributed by atoms with Gasteiger partial charge in [0.2, 0.25) is 11.8 Å². The zero-order chi connectivity index (χ0) is 15.8. The molecule has 0 spiro atoms. The summed E-state index contributed by atoms with van der Waals surface area (Å²) in [6.07, 6.45) is 0. The van der Waals surface area contributed by atoms with Crippen LogP contribution in [0.1, 0.15) is 15.9 Å². The third kappa shape index (κ3) is 5.23. The second kappa shape index (κ2) is 8.01. The van der Waals surface area contributed by atoms with Gasteiger partial charge in [-0.05, 0) is 17.7 Å².